The van der Waals surface area contributed by atoms with Crippen LogP contribution < -0.4 is 0 Å². The Balaban J connectivity index is 2.00. The molecule has 0 aromatic heterocycles. The average molecular weight is 298 g/mol. The molecular weight excluding hydrogens is 272 g/mol. The van der Waals surface area contributed by atoms with Gasteiger partial charge in [-0.1, -0.05) is 13.8 Å². The van der Waals surface area contributed by atoms with Gasteiger partial charge >= 0.3 is 12.0 Å². The Bertz CT molecular complexity index is 399. The van der Waals surface area contributed by atoms with Gasteiger partial charge in [0, 0.05) is 26.1 Å². The van der Waals surface area contributed by atoms with Gasteiger partial charge in [-0.3, -0.25) is 0 Å². The van der Waals surface area contributed by atoms with E-state index in [-0.39, 0.29) is 19.0 Å². The van der Waals surface area contributed by atoms with Crippen LogP contribution in [-0.2, 0) is 4.79 Å². The zero-order chi connectivity index (χ0) is 15.6. The average Bonchev–Trinajstić information content (AvgIpc) is 2.66. The molecule has 2 aliphatic rings. The number of aliphatic hydroxyl groups is 1. The Kier molecular flexibility index (Phi) is 5.08. The molecule has 0 radical (unpaired) electrons. The van der Waals surface area contributed by atoms with Crippen LogP contribution in [0.1, 0.15) is 39.5 Å². The Morgan fingerprint density at radius 1 is 1.19 bits per heavy atom. The third-order valence-electron chi connectivity index (χ3n) is 4.80. The molecule has 0 aliphatic carbocycles. The molecule has 0 saturated carbocycles. The molecule has 0 aromatic carbocycles. The monoisotopic (exact) mass is 298 g/mol. The van der Waals surface area contributed by atoms with Crippen molar-refractivity contribution in [3.63, 3.8) is 0 Å². The largest absolute Gasteiger partial charge is 0.480 e. The molecule has 2 saturated heterocycles. The molecule has 0 spiro atoms. The van der Waals surface area contributed by atoms with Gasteiger partial charge in [0.25, 0.3) is 0 Å². The predicted octanol–water partition coefficient (Wildman–Crippen LogP) is 1.38. The van der Waals surface area contributed by atoms with Gasteiger partial charge in [0.1, 0.15) is 6.04 Å². The molecule has 3 atom stereocenters. The first-order chi connectivity index (χ1) is 9.90. The number of likely N-dealkylation sites (tertiary alicyclic amines) is 2. The molecule has 2 aliphatic heterocycles. The van der Waals surface area contributed by atoms with Crippen LogP contribution in [0.4, 0.5) is 4.79 Å². The van der Waals surface area contributed by atoms with Crippen molar-refractivity contribution in [2.75, 3.05) is 19.6 Å². The van der Waals surface area contributed by atoms with Crippen molar-refractivity contribution < 1.29 is 19.8 Å². The van der Waals surface area contributed by atoms with Gasteiger partial charge in [0.15, 0.2) is 0 Å². The molecule has 1 unspecified atom stereocenters. The molecule has 120 valence electrons. The number of rotatable bonds is 2. The van der Waals surface area contributed by atoms with Crippen molar-refractivity contribution in [2.45, 2.75) is 51.7 Å². The number of nitrogens with zero attached hydrogens (tertiary/aromatic N) is 2. The molecule has 2 N–H and O–H groups in total. The van der Waals surface area contributed by atoms with Crippen LogP contribution in [0.2, 0.25) is 0 Å². The number of β-amino-alcohol motifs (C(OH)–C–C–N with tert-alkyl or cyclic N) is 1. The van der Waals surface area contributed by atoms with Crippen LogP contribution >= 0.6 is 0 Å². The molecule has 21 heavy (non-hydrogen) atoms. The van der Waals surface area contributed by atoms with Crippen LogP contribution in [0.3, 0.4) is 0 Å². The Hall–Kier alpha value is -1.30. The second-order valence-electron chi connectivity index (χ2n) is 6.60. The maximum absolute atomic E-state index is 12.6. The highest BCUT2D eigenvalue weighted by Gasteiger charge is 2.40. The number of hydrogen-bond donors (Lipinski definition) is 2. The van der Waals surface area contributed by atoms with Crippen molar-refractivity contribution in [1.29, 1.82) is 0 Å². The summed E-state index contributed by atoms with van der Waals surface area (Å²) in [7, 11) is 0. The number of aliphatic carboxylic acids is 1. The number of hydrogen-bond acceptors (Lipinski definition) is 3. The Labute approximate surface area is 125 Å². The van der Waals surface area contributed by atoms with Gasteiger partial charge in [0.2, 0.25) is 0 Å². The highest BCUT2D eigenvalue weighted by molar-refractivity contribution is 5.83. The summed E-state index contributed by atoms with van der Waals surface area (Å²) in [4.78, 5) is 26.9. The first kappa shape index (κ1) is 16.1. The van der Waals surface area contributed by atoms with Gasteiger partial charge in [-0.05, 0) is 31.1 Å². The zero-order valence-corrected chi connectivity index (χ0v) is 12.9. The molecule has 6 nitrogen and oxygen atoms in total. The number of amides is 2. The molecule has 0 aromatic rings. The molecule has 2 amide bonds. The number of carboxylic acids is 1. The SMILES string of the molecule is CC(C)C1CCCN(C(=O)N2C[C@H](O)C[C@@H]2C(=O)O)CC1. The topological polar surface area (TPSA) is 81.1 Å². The maximum Gasteiger partial charge on any atom is 0.326 e. The van der Waals surface area contributed by atoms with E-state index in [1.165, 1.54) is 4.90 Å². The second kappa shape index (κ2) is 6.64. The molecule has 2 rings (SSSR count). The first-order valence-corrected chi connectivity index (χ1v) is 7.86. The fourth-order valence-corrected chi connectivity index (χ4v) is 3.42. The first-order valence-electron chi connectivity index (χ1n) is 7.86. The summed E-state index contributed by atoms with van der Waals surface area (Å²) in [6.07, 6.45) is 2.45. The van der Waals surface area contributed by atoms with Gasteiger partial charge < -0.3 is 20.0 Å². The minimum atomic E-state index is -1.03. The minimum absolute atomic E-state index is 0.125. The van der Waals surface area contributed by atoms with Crippen LogP contribution in [0.5, 0.6) is 0 Å². The highest BCUT2D eigenvalue weighted by Crippen LogP contribution is 2.26. The Morgan fingerprint density at radius 2 is 1.90 bits per heavy atom. The summed E-state index contributed by atoms with van der Waals surface area (Å²) in [6.45, 7) is 5.90. The van der Waals surface area contributed by atoms with Gasteiger partial charge in [-0.25, -0.2) is 9.59 Å². The molecule has 6 heteroatoms. The van der Waals surface area contributed by atoms with Crippen molar-refractivity contribution in [3.05, 3.63) is 0 Å². The summed E-state index contributed by atoms with van der Waals surface area (Å²) in [5.41, 5.74) is 0. The lowest BCUT2D eigenvalue weighted by Gasteiger charge is -2.29. The highest BCUT2D eigenvalue weighted by atomic mass is 16.4. The van der Waals surface area contributed by atoms with Crippen LogP contribution in [0, 0.1) is 11.8 Å². The van der Waals surface area contributed by atoms with Crippen LogP contribution in [0.25, 0.3) is 0 Å². The number of aliphatic hydroxyl groups excluding tert-OH is 1. The van der Waals surface area contributed by atoms with E-state index in [9.17, 15) is 19.8 Å². The predicted molar refractivity (Wildman–Crippen MR) is 77.9 cm³/mol. The fraction of sp³-hybridized carbons (Fsp3) is 0.867. The number of carbonyl (C=O) groups is 2. The summed E-state index contributed by atoms with van der Waals surface area (Å²) in [6, 6.07) is -1.12. The van der Waals surface area contributed by atoms with Crippen molar-refractivity contribution in [3.8, 4) is 0 Å². The van der Waals surface area contributed by atoms with E-state index in [1.807, 2.05) is 0 Å². The lowest BCUT2D eigenvalue weighted by atomic mass is 9.89. The molecule has 2 fully saturated rings. The van der Waals surface area contributed by atoms with E-state index in [2.05, 4.69) is 13.8 Å². The number of carbonyl (C=O) groups excluding carboxylic acids is 1. The molecule has 0 bridgehead atoms. The van der Waals surface area contributed by atoms with Crippen LogP contribution in [-0.4, -0.2) is 63.8 Å². The molecule has 2 heterocycles. The standard InChI is InChI=1S/C15H26N2O4/c1-10(2)11-4-3-6-16(7-5-11)15(21)17-9-12(18)8-13(17)14(19)20/h10-13,18H,3-9H2,1-2H3,(H,19,20)/t11?,12-,13-/m1/s1. The summed E-state index contributed by atoms with van der Waals surface area (Å²) >= 11 is 0. The fourth-order valence-electron chi connectivity index (χ4n) is 3.42. The third-order valence-corrected chi connectivity index (χ3v) is 4.80. The maximum atomic E-state index is 12.6. The summed E-state index contributed by atoms with van der Waals surface area (Å²) < 4.78 is 0. The van der Waals surface area contributed by atoms with Crippen molar-refractivity contribution in [2.24, 2.45) is 11.8 Å². The molecular formula is C15H26N2O4. The number of urea groups is 1. The third kappa shape index (κ3) is 3.67. The lowest BCUT2D eigenvalue weighted by Crippen LogP contribution is -2.48. The lowest BCUT2D eigenvalue weighted by molar-refractivity contribution is -0.141. The second-order valence-corrected chi connectivity index (χ2v) is 6.60. The van der Waals surface area contributed by atoms with Crippen molar-refractivity contribution in [1.82, 2.24) is 9.80 Å². The minimum Gasteiger partial charge on any atom is -0.480 e. The van der Waals surface area contributed by atoms with E-state index in [4.69, 9.17) is 0 Å². The van der Waals surface area contributed by atoms with Gasteiger partial charge in [-0.2, -0.15) is 0 Å². The van der Waals surface area contributed by atoms with Crippen molar-refractivity contribution >= 4 is 12.0 Å². The number of carboxylic acid groups (broad SMARTS) is 1. The van der Waals surface area contributed by atoms with Gasteiger partial charge in [-0.15, -0.1) is 0 Å². The zero-order valence-electron chi connectivity index (χ0n) is 12.9. The smallest absolute Gasteiger partial charge is 0.326 e. The van der Waals surface area contributed by atoms with Crippen LogP contribution in [0.15, 0.2) is 0 Å². The van der Waals surface area contributed by atoms with E-state index in [0.29, 0.717) is 24.9 Å². The van der Waals surface area contributed by atoms with E-state index < -0.39 is 18.1 Å². The summed E-state index contributed by atoms with van der Waals surface area (Å²) in [5, 5.41) is 18.9. The van der Waals surface area contributed by atoms with E-state index in [0.717, 1.165) is 19.3 Å². The summed E-state index contributed by atoms with van der Waals surface area (Å²) in [5.74, 6) is 0.206. The van der Waals surface area contributed by atoms with Gasteiger partial charge in [0.05, 0.1) is 6.10 Å². The van der Waals surface area contributed by atoms with E-state index in [1.54, 1.807) is 4.90 Å². The normalized spacial score (nSPS) is 30.6. The van der Waals surface area contributed by atoms with E-state index >= 15 is 0 Å². The Morgan fingerprint density at radius 3 is 2.52 bits per heavy atom. The quantitative estimate of drug-likeness (QED) is 0.807.